The molecule has 0 spiro atoms. The van der Waals surface area contributed by atoms with Crippen molar-refractivity contribution >= 4 is 17.8 Å². The van der Waals surface area contributed by atoms with Crippen LogP contribution in [0.3, 0.4) is 0 Å². The zero-order valence-corrected chi connectivity index (χ0v) is 8.26. The molecule has 2 aliphatic heterocycles. The van der Waals surface area contributed by atoms with Gasteiger partial charge in [-0.25, -0.2) is 0 Å². The van der Waals surface area contributed by atoms with Crippen molar-refractivity contribution in [1.29, 1.82) is 0 Å². The molecule has 0 radical (unpaired) electrons. The van der Waals surface area contributed by atoms with E-state index in [4.69, 9.17) is 0 Å². The van der Waals surface area contributed by atoms with Gasteiger partial charge in [-0.2, -0.15) is 4.40 Å². The molecule has 70 valence electrons. The normalized spacial score (nSPS) is 22.8. The molecule has 0 bridgehead atoms. The first-order chi connectivity index (χ1) is 6.47. The van der Waals surface area contributed by atoms with Gasteiger partial charge in [-0.15, -0.1) is 0 Å². The molecule has 2 rings (SSSR count). The standard InChI is InChI=1S/C9H13N3S/c1-2-8-13-11-9(3-1)12-6-4-10-5-7-12/h1-3,8,10H,4-7H2. The van der Waals surface area contributed by atoms with Crippen LogP contribution in [0.25, 0.3) is 0 Å². The van der Waals surface area contributed by atoms with Crippen molar-refractivity contribution in [1.82, 2.24) is 10.2 Å². The summed E-state index contributed by atoms with van der Waals surface area (Å²) in [4.78, 5) is 2.31. The summed E-state index contributed by atoms with van der Waals surface area (Å²) in [5, 5.41) is 5.32. The Morgan fingerprint density at radius 2 is 2.15 bits per heavy atom. The summed E-state index contributed by atoms with van der Waals surface area (Å²) in [5.74, 6) is 1.09. The molecule has 0 aromatic carbocycles. The number of nitrogens with zero attached hydrogens (tertiary/aromatic N) is 2. The maximum absolute atomic E-state index is 4.40. The second-order valence-electron chi connectivity index (χ2n) is 2.98. The Hall–Kier alpha value is -0.740. The topological polar surface area (TPSA) is 27.6 Å². The molecule has 1 saturated heterocycles. The van der Waals surface area contributed by atoms with Gasteiger partial charge in [0.25, 0.3) is 0 Å². The first-order valence-corrected chi connectivity index (χ1v) is 5.33. The van der Waals surface area contributed by atoms with Crippen LogP contribution in [0.4, 0.5) is 0 Å². The summed E-state index contributed by atoms with van der Waals surface area (Å²) in [6.07, 6.45) is 6.13. The number of hydrogen-bond acceptors (Lipinski definition) is 4. The maximum Gasteiger partial charge on any atom is 0.137 e. The molecule has 1 N–H and O–H groups in total. The lowest BCUT2D eigenvalue weighted by molar-refractivity contribution is 0.359. The van der Waals surface area contributed by atoms with E-state index >= 15 is 0 Å². The highest BCUT2D eigenvalue weighted by molar-refractivity contribution is 8.01. The fraction of sp³-hybridized carbons (Fsp3) is 0.444. The number of allylic oxidation sites excluding steroid dienone is 2. The van der Waals surface area contributed by atoms with E-state index < -0.39 is 0 Å². The van der Waals surface area contributed by atoms with E-state index in [2.05, 4.69) is 20.7 Å². The zero-order chi connectivity index (χ0) is 8.93. The Kier molecular flexibility index (Phi) is 3.05. The predicted molar refractivity (Wildman–Crippen MR) is 57.7 cm³/mol. The molecule has 0 amide bonds. The molecular formula is C9H13N3S. The first-order valence-electron chi connectivity index (χ1n) is 4.49. The van der Waals surface area contributed by atoms with Gasteiger partial charge in [0.1, 0.15) is 5.84 Å². The average Bonchev–Trinajstić information content (AvgIpc) is 2.47. The number of amidine groups is 1. The summed E-state index contributed by atoms with van der Waals surface area (Å²) in [7, 11) is 0. The number of rotatable bonds is 0. The highest BCUT2D eigenvalue weighted by Crippen LogP contribution is 2.11. The van der Waals surface area contributed by atoms with Crippen molar-refractivity contribution in [2.75, 3.05) is 26.2 Å². The van der Waals surface area contributed by atoms with Crippen molar-refractivity contribution in [2.45, 2.75) is 0 Å². The molecule has 0 aromatic rings. The van der Waals surface area contributed by atoms with Gasteiger partial charge in [0.15, 0.2) is 0 Å². The van der Waals surface area contributed by atoms with Gasteiger partial charge in [-0.3, -0.25) is 0 Å². The van der Waals surface area contributed by atoms with Crippen LogP contribution in [0.15, 0.2) is 28.0 Å². The Labute approximate surface area is 82.7 Å². The zero-order valence-electron chi connectivity index (χ0n) is 7.44. The second-order valence-corrected chi connectivity index (χ2v) is 3.65. The maximum atomic E-state index is 4.40. The lowest BCUT2D eigenvalue weighted by Gasteiger charge is -2.28. The number of nitrogens with one attached hydrogen (secondary N) is 1. The van der Waals surface area contributed by atoms with Crippen LogP contribution in [0.5, 0.6) is 0 Å². The van der Waals surface area contributed by atoms with E-state index in [9.17, 15) is 0 Å². The van der Waals surface area contributed by atoms with Crippen molar-refractivity contribution in [2.24, 2.45) is 4.40 Å². The SMILES string of the molecule is C1=CSN=C(N2CCNCC2)C=C1. The molecule has 0 aromatic heterocycles. The Morgan fingerprint density at radius 1 is 1.31 bits per heavy atom. The van der Waals surface area contributed by atoms with Crippen molar-refractivity contribution in [3.05, 3.63) is 23.6 Å². The van der Waals surface area contributed by atoms with Crippen molar-refractivity contribution in [3.8, 4) is 0 Å². The molecule has 0 saturated carbocycles. The fourth-order valence-electron chi connectivity index (χ4n) is 1.39. The minimum atomic E-state index is 1.06. The molecule has 0 aliphatic carbocycles. The van der Waals surface area contributed by atoms with Crippen LogP contribution in [0.2, 0.25) is 0 Å². The van der Waals surface area contributed by atoms with Crippen LogP contribution < -0.4 is 5.32 Å². The van der Waals surface area contributed by atoms with Crippen molar-refractivity contribution in [3.63, 3.8) is 0 Å². The fourth-order valence-corrected chi connectivity index (χ4v) is 1.90. The number of hydrogen-bond donors (Lipinski definition) is 1. The molecule has 2 aliphatic rings. The van der Waals surface area contributed by atoms with Crippen molar-refractivity contribution < 1.29 is 0 Å². The molecule has 13 heavy (non-hydrogen) atoms. The van der Waals surface area contributed by atoms with E-state index in [0.29, 0.717) is 0 Å². The van der Waals surface area contributed by atoms with Gasteiger partial charge in [-0.1, -0.05) is 12.2 Å². The molecular weight excluding hydrogens is 182 g/mol. The van der Waals surface area contributed by atoms with E-state index in [1.807, 2.05) is 17.6 Å². The first kappa shape index (κ1) is 8.84. The lowest BCUT2D eigenvalue weighted by atomic mass is 10.3. The van der Waals surface area contributed by atoms with Gasteiger partial charge < -0.3 is 10.2 Å². The van der Waals surface area contributed by atoms with Crippen LogP contribution in [0.1, 0.15) is 0 Å². The highest BCUT2D eigenvalue weighted by Gasteiger charge is 2.12. The van der Waals surface area contributed by atoms with Gasteiger partial charge in [0.2, 0.25) is 0 Å². The third kappa shape index (κ3) is 2.35. The smallest absolute Gasteiger partial charge is 0.137 e. The summed E-state index contributed by atoms with van der Waals surface area (Å²) in [6, 6.07) is 0. The third-order valence-corrected chi connectivity index (χ3v) is 2.65. The van der Waals surface area contributed by atoms with Gasteiger partial charge in [-0.05, 0) is 11.5 Å². The highest BCUT2D eigenvalue weighted by atomic mass is 32.2. The Bertz CT molecular complexity index is 252. The minimum Gasteiger partial charge on any atom is -0.354 e. The monoisotopic (exact) mass is 195 g/mol. The summed E-state index contributed by atoms with van der Waals surface area (Å²) < 4.78 is 4.40. The van der Waals surface area contributed by atoms with Gasteiger partial charge in [0, 0.05) is 38.1 Å². The summed E-state index contributed by atoms with van der Waals surface area (Å²) >= 11 is 1.50. The molecule has 2 heterocycles. The number of piperazine rings is 1. The van der Waals surface area contributed by atoms with Gasteiger partial charge in [0.05, 0.1) is 0 Å². The minimum absolute atomic E-state index is 1.06. The second kappa shape index (κ2) is 4.48. The van der Waals surface area contributed by atoms with Crippen LogP contribution in [-0.4, -0.2) is 36.9 Å². The third-order valence-electron chi connectivity index (χ3n) is 2.08. The summed E-state index contributed by atoms with van der Waals surface area (Å²) in [5.41, 5.74) is 0. The average molecular weight is 195 g/mol. The molecule has 1 fully saturated rings. The van der Waals surface area contributed by atoms with E-state index in [-0.39, 0.29) is 0 Å². The van der Waals surface area contributed by atoms with E-state index in [1.54, 1.807) is 0 Å². The predicted octanol–water partition coefficient (Wildman–Crippen LogP) is 1.02. The quantitative estimate of drug-likeness (QED) is 0.585. The largest absolute Gasteiger partial charge is 0.354 e. The molecule has 0 atom stereocenters. The molecule has 3 nitrogen and oxygen atoms in total. The van der Waals surface area contributed by atoms with E-state index in [1.165, 1.54) is 11.9 Å². The van der Waals surface area contributed by atoms with Crippen LogP contribution in [-0.2, 0) is 0 Å². The Morgan fingerprint density at radius 3 is 3.00 bits per heavy atom. The summed E-state index contributed by atoms with van der Waals surface area (Å²) in [6.45, 7) is 4.24. The molecule has 4 heteroatoms. The van der Waals surface area contributed by atoms with Crippen LogP contribution in [0, 0.1) is 0 Å². The van der Waals surface area contributed by atoms with Gasteiger partial charge >= 0.3 is 0 Å². The van der Waals surface area contributed by atoms with Crippen LogP contribution >= 0.6 is 11.9 Å². The lowest BCUT2D eigenvalue weighted by Crippen LogP contribution is -2.45. The molecule has 0 unspecified atom stereocenters. The Balaban J connectivity index is 2.02. The van der Waals surface area contributed by atoms with E-state index in [0.717, 1.165) is 32.0 Å².